The second-order valence-electron chi connectivity index (χ2n) is 7.59. The highest BCUT2D eigenvalue weighted by atomic mass is 16.4. The number of nitrogens with zero attached hydrogens (tertiary/aromatic N) is 1. The summed E-state index contributed by atoms with van der Waals surface area (Å²) in [6.45, 7) is 4.89. The number of aryl methyl sites for hydroxylation is 2. The van der Waals surface area contributed by atoms with Gasteiger partial charge in [-0.1, -0.05) is 0 Å². The molecule has 1 aliphatic heterocycles. The fourth-order valence-corrected chi connectivity index (χ4v) is 3.69. The lowest BCUT2D eigenvalue weighted by atomic mass is 10.1. The molecule has 1 aromatic heterocycles. The van der Waals surface area contributed by atoms with E-state index in [1.54, 1.807) is 6.07 Å². The zero-order valence-electron chi connectivity index (χ0n) is 15.5. The molecule has 0 bridgehead atoms. The predicted molar refractivity (Wildman–Crippen MR) is 102 cm³/mol. The number of benzene rings is 1. The van der Waals surface area contributed by atoms with Crippen LogP contribution in [0.15, 0.2) is 27.4 Å². The van der Waals surface area contributed by atoms with Crippen LogP contribution >= 0.6 is 0 Å². The Morgan fingerprint density at radius 1 is 1.19 bits per heavy atom. The van der Waals surface area contributed by atoms with E-state index < -0.39 is 0 Å². The molecule has 1 saturated carbocycles. The lowest BCUT2D eigenvalue weighted by Gasteiger charge is -2.16. The van der Waals surface area contributed by atoms with Gasteiger partial charge in [0.05, 0.1) is 0 Å². The number of likely N-dealkylation sites (tertiary alicyclic amines) is 1. The van der Waals surface area contributed by atoms with Crippen molar-refractivity contribution in [1.29, 1.82) is 0 Å². The van der Waals surface area contributed by atoms with Crippen LogP contribution in [0, 0.1) is 19.8 Å². The SMILES string of the molecule is Cc1cc2oc(=O)cc(C)c2cc1NC(=O)NCC1CC(=O)N(C2CC2)C1. The second kappa shape index (κ2) is 6.72. The molecule has 3 amide bonds. The van der Waals surface area contributed by atoms with Gasteiger partial charge in [-0.05, 0) is 49.9 Å². The summed E-state index contributed by atoms with van der Waals surface area (Å²) >= 11 is 0. The Kier molecular flexibility index (Phi) is 4.37. The normalized spacial score (nSPS) is 19.6. The summed E-state index contributed by atoms with van der Waals surface area (Å²) in [5, 5.41) is 6.52. The maximum atomic E-state index is 12.3. The zero-order chi connectivity index (χ0) is 19.1. The van der Waals surface area contributed by atoms with Crippen molar-refractivity contribution in [3.8, 4) is 0 Å². The first kappa shape index (κ1) is 17.6. The molecule has 2 fully saturated rings. The molecule has 2 N–H and O–H groups in total. The van der Waals surface area contributed by atoms with Gasteiger partial charge in [0, 0.05) is 48.6 Å². The maximum Gasteiger partial charge on any atom is 0.336 e. The van der Waals surface area contributed by atoms with Crippen molar-refractivity contribution in [1.82, 2.24) is 10.2 Å². The number of amides is 3. The third-order valence-electron chi connectivity index (χ3n) is 5.32. The fraction of sp³-hybridized carbons (Fsp3) is 0.450. The van der Waals surface area contributed by atoms with E-state index in [0.717, 1.165) is 35.9 Å². The molecule has 142 valence electrons. The van der Waals surface area contributed by atoms with E-state index in [2.05, 4.69) is 10.6 Å². The van der Waals surface area contributed by atoms with E-state index in [4.69, 9.17) is 4.42 Å². The van der Waals surface area contributed by atoms with Gasteiger partial charge in [0.15, 0.2) is 0 Å². The van der Waals surface area contributed by atoms with Crippen LogP contribution in [0.4, 0.5) is 10.5 Å². The number of carbonyl (C=O) groups is 2. The number of hydrogen-bond acceptors (Lipinski definition) is 4. The Bertz CT molecular complexity index is 977. The molecule has 2 aromatic rings. The summed E-state index contributed by atoms with van der Waals surface area (Å²) in [7, 11) is 0. The van der Waals surface area contributed by atoms with Crippen molar-refractivity contribution >= 4 is 28.6 Å². The monoisotopic (exact) mass is 369 g/mol. The van der Waals surface area contributed by atoms with Crippen LogP contribution in [-0.4, -0.2) is 36.0 Å². The van der Waals surface area contributed by atoms with Crippen molar-refractivity contribution in [3.05, 3.63) is 39.7 Å². The van der Waals surface area contributed by atoms with Gasteiger partial charge < -0.3 is 20.0 Å². The maximum absolute atomic E-state index is 12.3. The van der Waals surface area contributed by atoms with E-state index in [1.807, 2.05) is 24.8 Å². The van der Waals surface area contributed by atoms with Gasteiger partial charge in [-0.15, -0.1) is 0 Å². The first-order chi connectivity index (χ1) is 12.9. The molecule has 1 saturated heterocycles. The van der Waals surface area contributed by atoms with Crippen LogP contribution in [0.1, 0.15) is 30.4 Å². The molecule has 2 aliphatic rings. The quantitative estimate of drug-likeness (QED) is 0.810. The first-order valence-electron chi connectivity index (χ1n) is 9.30. The van der Waals surface area contributed by atoms with E-state index in [-0.39, 0.29) is 23.5 Å². The Morgan fingerprint density at radius 3 is 2.70 bits per heavy atom. The molecular formula is C20H23N3O4. The number of nitrogens with one attached hydrogen (secondary N) is 2. The predicted octanol–water partition coefficient (Wildman–Crippen LogP) is 2.54. The highest BCUT2D eigenvalue weighted by Gasteiger charge is 2.39. The van der Waals surface area contributed by atoms with E-state index in [9.17, 15) is 14.4 Å². The van der Waals surface area contributed by atoms with Crippen LogP contribution in [-0.2, 0) is 4.79 Å². The summed E-state index contributed by atoms with van der Waals surface area (Å²) in [6.07, 6.45) is 2.71. The van der Waals surface area contributed by atoms with Gasteiger partial charge in [-0.3, -0.25) is 4.79 Å². The van der Waals surface area contributed by atoms with Gasteiger partial charge in [0.1, 0.15) is 5.58 Å². The summed E-state index contributed by atoms with van der Waals surface area (Å²) in [5.41, 5.74) is 2.40. The van der Waals surface area contributed by atoms with Crippen molar-refractivity contribution in [2.24, 2.45) is 5.92 Å². The summed E-state index contributed by atoms with van der Waals surface area (Å²) in [6, 6.07) is 5.13. The number of hydrogen-bond donors (Lipinski definition) is 2. The molecule has 27 heavy (non-hydrogen) atoms. The smallest absolute Gasteiger partial charge is 0.336 e. The Balaban J connectivity index is 1.40. The Morgan fingerprint density at radius 2 is 1.96 bits per heavy atom. The number of urea groups is 1. The third-order valence-corrected chi connectivity index (χ3v) is 5.32. The molecule has 1 atom stereocenters. The summed E-state index contributed by atoms with van der Waals surface area (Å²) < 4.78 is 5.22. The number of anilines is 1. The van der Waals surface area contributed by atoms with Crippen LogP contribution in [0.3, 0.4) is 0 Å². The minimum atomic E-state index is -0.385. The topological polar surface area (TPSA) is 91.6 Å². The van der Waals surface area contributed by atoms with E-state index in [0.29, 0.717) is 30.3 Å². The van der Waals surface area contributed by atoms with E-state index in [1.165, 1.54) is 6.07 Å². The summed E-state index contributed by atoms with van der Waals surface area (Å²) in [4.78, 5) is 37.8. The largest absolute Gasteiger partial charge is 0.423 e. The van der Waals surface area contributed by atoms with Crippen LogP contribution < -0.4 is 16.3 Å². The summed E-state index contributed by atoms with van der Waals surface area (Å²) in [5.74, 6) is 0.366. The number of rotatable bonds is 4. The molecule has 1 aromatic carbocycles. The fourth-order valence-electron chi connectivity index (χ4n) is 3.69. The standard InChI is InChI=1S/C20H23N3O4/c1-11-6-19(25)27-17-5-12(2)16(8-15(11)17)22-20(26)21-9-13-7-18(24)23(10-13)14-3-4-14/h5-6,8,13-14H,3-4,7,9-10H2,1-2H3,(H2,21,22,26). The number of fused-ring (bicyclic) bond motifs is 1. The first-order valence-corrected chi connectivity index (χ1v) is 9.30. The van der Waals surface area contributed by atoms with Crippen molar-refractivity contribution in [2.75, 3.05) is 18.4 Å². The highest BCUT2D eigenvalue weighted by Crippen LogP contribution is 2.32. The van der Waals surface area contributed by atoms with Gasteiger partial charge in [0.2, 0.25) is 5.91 Å². The van der Waals surface area contributed by atoms with Crippen LogP contribution in [0.25, 0.3) is 11.0 Å². The molecule has 1 unspecified atom stereocenters. The average Bonchev–Trinajstić information content (AvgIpc) is 3.37. The van der Waals surface area contributed by atoms with Gasteiger partial charge in [-0.25, -0.2) is 9.59 Å². The van der Waals surface area contributed by atoms with Gasteiger partial charge in [0.25, 0.3) is 0 Å². The molecule has 2 heterocycles. The zero-order valence-corrected chi connectivity index (χ0v) is 15.5. The van der Waals surface area contributed by atoms with Crippen LogP contribution in [0.2, 0.25) is 0 Å². The van der Waals surface area contributed by atoms with Crippen LogP contribution in [0.5, 0.6) is 0 Å². The Labute approximate surface area is 156 Å². The highest BCUT2D eigenvalue weighted by molar-refractivity contribution is 5.94. The van der Waals surface area contributed by atoms with E-state index >= 15 is 0 Å². The third kappa shape index (κ3) is 3.67. The van der Waals surface area contributed by atoms with Gasteiger partial charge >= 0.3 is 11.7 Å². The molecule has 4 rings (SSSR count). The molecule has 0 spiro atoms. The number of carbonyl (C=O) groups excluding carboxylic acids is 2. The van der Waals surface area contributed by atoms with Crippen molar-refractivity contribution in [3.63, 3.8) is 0 Å². The van der Waals surface area contributed by atoms with Crippen molar-refractivity contribution < 1.29 is 14.0 Å². The second-order valence-corrected chi connectivity index (χ2v) is 7.59. The molecule has 7 heteroatoms. The molecule has 7 nitrogen and oxygen atoms in total. The molecular weight excluding hydrogens is 346 g/mol. The lowest BCUT2D eigenvalue weighted by Crippen LogP contribution is -2.34. The van der Waals surface area contributed by atoms with Gasteiger partial charge in [-0.2, -0.15) is 0 Å². The average molecular weight is 369 g/mol. The Hall–Kier alpha value is -2.83. The minimum Gasteiger partial charge on any atom is -0.423 e. The molecule has 0 radical (unpaired) electrons. The van der Waals surface area contributed by atoms with Crippen molar-refractivity contribution in [2.45, 2.75) is 39.2 Å². The minimum absolute atomic E-state index is 0.165. The molecule has 1 aliphatic carbocycles. The lowest BCUT2D eigenvalue weighted by molar-refractivity contribution is -0.128.